The summed E-state index contributed by atoms with van der Waals surface area (Å²) in [6.45, 7) is 4.64. The first-order valence-electron chi connectivity index (χ1n) is 14.1. The van der Waals surface area contributed by atoms with Gasteiger partial charge in [0.05, 0.1) is 12.7 Å². The summed E-state index contributed by atoms with van der Waals surface area (Å²) in [6, 6.07) is 12.9. The highest BCUT2D eigenvalue weighted by Gasteiger charge is 2.27. The van der Waals surface area contributed by atoms with Crippen molar-refractivity contribution in [3.8, 4) is 22.3 Å². The van der Waals surface area contributed by atoms with Gasteiger partial charge < -0.3 is 4.74 Å². The van der Waals surface area contributed by atoms with Crippen LogP contribution in [0.2, 0.25) is 0 Å². The lowest BCUT2D eigenvalue weighted by Gasteiger charge is -2.29. The third-order valence-electron chi connectivity index (χ3n) is 7.77. The Morgan fingerprint density at radius 1 is 0.658 bits per heavy atom. The fourth-order valence-corrected chi connectivity index (χ4v) is 5.40. The number of aryl methyl sites for hydroxylation is 1. The SMILES string of the molecule is CCCCCc1ccc(-c2ccc(-c3ccc(C4CCC(CCCCC)OC4)c(F)c3F)cc2)c(F)c1F. The summed E-state index contributed by atoms with van der Waals surface area (Å²) in [5.41, 5.74) is 1.99. The van der Waals surface area contributed by atoms with Gasteiger partial charge in [-0.05, 0) is 54.4 Å². The average Bonchev–Trinajstić information content (AvgIpc) is 2.94. The minimum absolute atomic E-state index is 0.143. The molecule has 1 nitrogen and oxygen atoms in total. The average molecular weight is 527 g/mol. The van der Waals surface area contributed by atoms with Crippen LogP contribution in [0.4, 0.5) is 17.6 Å². The second kappa shape index (κ2) is 13.4. The molecule has 204 valence electrons. The topological polar surface area (TPSA) is 9.23 Å². The Bertz CT molecular complexity index is 1200. The first-order chi connectivity index (χ1) is 18.4. The van der Waals surface area contributed by atoms with Crippen LogP contribution in [-0.4, -0.2) is 12.7 Å². The molecule has 0 bridgehead atoms. The summed E-state index contributed by atoms with van der Waals surface area (Å²) in [7, 11) is 0. The molecule has 3 aromatic rings. The lowest BCUT2D eigenvalue weighted by Crippen LogP contribution is -2.25. The summed E-state index contributed by atoms with van der Waals surface area (Å²) in [4.78, 5) is 0. The van der Waals surface area contributed by atoms with Gasteiger partial charge in [0, 0.05) is 17.0 Å². The molecule has 1 heterocycles. The van der Waals surface area contributed by atoms with Crippen LogP contribution in [0.15, 0.2) is 48.5 Å². The van der Waals surface area contributed by atoms with Crippen molar-refractivity contribution in [1.29, 1.82) is 0 Å². The summed E-state index contributed by atoms with van der Waals surface area (Å²) in [5.74, 6) is -3.59. The minimum atomic E-state index is -0.894. The summed E-state index contributed by atoms with van der Waals surface area (Å²) in [6.07, 6.45) is 9.64. The van der Waals surface area contributed by atoms with Gasteiger partial charge in [-0.2, -0.15) is 0 Å². The maximum atomic E-state index is 15.2. The van der Waals surface area contributed by atoms with E-state index >= 15 is 8.78 Å². The van der Waals surface area contributed by atoms with Crippen molar-refractivity contribution in [3.05, 3.63) is 82.9 Å². The monoisotopic (exact) mass is 526 g/mol. The van der Waals surface area contributed by atoms with Crippen LogP contribution in [0.5, 0.6) is 0 Å². The Morgan fingerprint density at radius 3 is 1.87 bits per heavy atom. The van der Waals surface area contributed by atoms with E-state index in [0.29, 0.717) is 35.3 Å². The third-order valence-corrected chi connectivity index (χ3v) is 7.77. The molecule has 0 radical (unpaired) electrons. The van der Waals surface area contributed by atoms with Crippen LogP contribution in [0.25, 0.3) is 22.3 Å². The van der Waals surface area contributed by atoms with Crippen molar-refractivity contribution in [1.82, 2.24) is 0 Å². The lowest BCUT2D eigenvalue weighted by atomic mass is 9.88. The molecule has 0 N–H and O–H groups in total. The largest absolute Gasteiger partial charge is 0.378 e. The van der Waals surface area contributed by atoms with E-state index in [-0.39, 0.29) is 23.1 Å². The van der Waals surface area contributed by atoms with Gasteiger partial charge in [-0.1, -0.05) is 94.5 Å². The Kier molecular flexibility index (Phi) is 10.0. The van der Waals surface area contributed by atoms with Crippen LogP contribution in [0.1, 0.15) is 88.7 Å². The van der Waals surface area contributed by atoms with Crippen molar-refractivity contribution in [2.45, 2.75) is 90.1 Å². The minimum Gasteiger partial charge on any atom is -0.378 e. The Labute approximate surface area is 224 Å². The Morgan fingerprint density at radius 2 is 1.26 bits per heavy atom. The van der Waals surface area contributed by atoms with E-state index in [4.69, 9.17) is 4.74 Å². The van der Waals surface area contributed by atoms with E-state index in [9.17, 15) is 8.78 Å². The number of rotatable bonds is 11. The van der Waals surface area contributed by atoms with Gasteiger partial charge in [-0.3, -0.25) is 0 Å². The highest BCUT2D eigenvalue weighted by Crippen LogP contribution is 2.36. The van der Waals surface area contributed by atoms with E-state index in [1.807, 2.05) is 0 Å². The molecule has 1 saturated heterocycles. The first-order valence-corrected chi connectivity index (χ1v) is 14.1. The van der Waals surface area contributed by atoms with E-state index < -0.39 is 23.3 Å². The molecule has 0 aliphatic carbocycles. The Balaban J connectivity index is 1.47. The number of halogens is 4. The standard InChI is InChI=1S/C33H38F4O/c1-3-5-7-9-24-16-18-27(31(35)30(24)34)22-11-13-23(14-12-22)28-19-20-29(33(37)32(28)36)25-15-17-26(38-21-25)10-8-6-4-2/h11-14,16,18-20,25-26H,3-10,15,17,21H2,1-2H3. The maximum absolute atomic E-state index is 15.2. The zero-order valence-corrected chi connectivity index (χ0v) is 22.5. The zero-order valence-electron chi connectivity index (χ0n) is 22.5. The number of unbranched alkanes of at least 4 members (excludes halogenated alkanes) is 4. The molecule has 2 unspecified atom stereocenters. The second-order valence-electron chi connectivity index (χ2n) is 10.5. The van der Waals surface area contributed by atoms with Gasteiger partial charge in [-0.15, -0.1) is 0 Å². The molecule has 0 saturated carbocycles. The van der Waals surface area contributed by atoms with Gasteiger partial charge in [0.1, 0.15) is 0 Å². The second-order valence-corrected chi connectivity index (χ2v) is 10.5. The van der Waals surface area contributed by atoms with Crippen LogP contribution >= 0.6 is 0 Å². The molecule has 1 aliphatic heterocycles. The van der Waals surface area contributed by atoms with E-state index in [1.165, 1.54) is 6.42 Å². The van der Waals surface area contributed by atoms with E-state index in [2.05, 4.69) is 13.8 Å². The molecule has 0 amide bonds. The van der Waals surface area contributed by atoms with Crippen molar-refractivity contribution in [2.24, 2.45) is 0 Å². The van der Waals surface area contributed by atoms with Gasteiger partial charge in [0.15, 0.2) is 23.3 Å². The van der Waals surface area contributed by atoms with Crippen molar-refractivity contribution < 1.29 is 22.3 Å². The van der Waals surface area contributed by atoms with Crippen LogP contribution in [-0.2, 0) is 11.2 Å². The fourth-order valence-electron chi connectivity index (χ4n) is 5.40. The highest BCUT2D eigenvalue weighted by molar-refractivity contribution is 5.71. The summed E-state index contributed by atoms with van der Waals surface area (Å²) < 4.78 is 65.7. The lowest BCUT2D eigenvalue weighted by molar-refractivity contribution is -0.00277. The van der Waals surface area contributed by atoms with E-state index in [0.717, 1.165) is 51.4 Å². The Hall–Kier alpha value is -2.66. The van der Waals surface area contributed by atoms with Gasteiger partial charge in [-0.25, -0.2) is 17.6 Å². The summed E-state index contributed by atoms with van der Waals surface area (Å²) >= 11 is 0. The third kappa shape index (κ3) is 6.48. The molecule has 1 aliphatic rings. The molecule has 0 aromatic heterocycles. The number of benzene rings is 3. The molecule has 2 atom stereocenters. The normalized spacial score (nSPS) is 17.6. The van der Waals surface area contributed by atoms with Gasteiger partial charge in [0.25, 0.3) is 0 Å². The van der Waals surface area contributed by atoms with Crippen LogP contribution in [0, 0.1) is 23.3 Å². The summed E-state index contributed by atoms with van der Waals surface area (Å²) in [5, 5.41) is 0. The van der Waals surface area contributed by atoms with E-state index in [1.54, 1.807) is 48.5 Å². The molecule has 5 heteroatoms. The number of ether oxygens (including phenoxy) is 1. The fraction of sp³-hybridized carbons (Fsp3) is 0.455. The number of hydrogen-bond acceptors (Lipinski definition) is 1. The molecule has 0 spiro atoms. The molecular weight excluding hydrogens is 488 g/mol. The smallest absolute Gasteiger partial charge is 0.166 e. The maximum Gasteiger partial charge on any atom is 0.166 e. The first kappa shape index (κ1) is 28.4. The van der Waals surface area contributed by atoms with Crippen LogP contribution < -0.4 is 0 Å². The van der Waals surface area contributed by atoms with Gasteiger partial charge >= 0.3 is 0 Å². The number of hydrogen-bond donors (Lipinski definition) is 0. The highest BCUT2D eigenvalue weighted by atomic mass is 19.2. The van der Waals surface area contributed by atoms with Crippen molar-refractivity contribution in [3.63, 3.8) is 0 Å². The zero-order chi connectivity index (χ0) is 27.1. The predicted octanol–water partition coefficient (Wildman–Crippen LogP) is 10.2. The van der Waals surface area contributed by atoms with Crippen LogP contribution in [0.3, 0.4) is 0 Å². The molecular formula is C33H38F4O. The molecule has 1 fully saturated rings. The van der Waals surface area contributed by atoms with Crippen molar-refractivity contribution >= 4 is 0 Å². The molecule has 4 rings (SSSR count). The van der Waals surface area contributed by atoms with Crippen molar-refractivity contribution in [2.75, 3.05) is 6.61 Å². The quantitative estimate of drug-likeness (QED) is 0.178. The van der Waals surface area contributed by atoms with Gasteiger partial charge in [0.2, 0.25) is 0 Å². The molecule has 38 heavy (non-hydrogen) atoms. The molecule has 3 aromatic carbocycles. The predicted molar refractivity (Wildman–Crippen MR) is 146 cm³/mol.